The van der Waals surface area contributed by atoms with Gasteiger partial charge in [-0.3, -0.25) is 15.6 Å². The lowest BCUT2D eigenvalue weighted by Crippen LogP contribution is -2.29. The average molecular weight is 269 g/mol. The lowest BCUT2D eigenvalue weighted by Gasteiger charge is -2.08. The van der Waals surface area contributed by atoms with Gasteiger partial charge in [0, 0.05) is 5.56 Å². The first-order chi connectivity index (χ1) is 9.33. The number of hydrazine groups is 1. The second kappa shape index (κ2) is 5.07. The highest BCUT2D eigenvalue weighted by atomic mass is 32.1. The van der Waals surface area contributed by atoms with Crippen molar-refractivity contribution in [3.63, 3.8) is 0 Å². The van der Waals surface area contributed by atoms with Crippen molar-refractivity contribution in [2.24, 2.45) is 0 Å². The van der Waals surface area contributed by atoms with Gasteiger partial charge in [-0.2, -0.15) is 0 Å². The molecule has 94 valence electrons. The first-order valence-electron chi connectivity index (χ1n) is 5.77. The number of aromatic nitrogens is 1. The van der Waals surface area contributed by atoms with E-state index in [1.165, 1.54) is 11.3 Å². The largest absolute Gasteiger partial charge is 0.298 e. The second-order valence-corrected chi connectivity index (χ2v) is 4.87. The van der Waals surface area contributed by atoms with Gasteiger partial charge in [0.2, 0.25) is 0 Å². The van der Waals surface area contributed by atoms with E-state index in [1.54, 1.807) is 11.6 Å². The number of rotatable bonds is 3. The number of para-hydroxylation sites is 1. The van der Waals surface area contributed by atoms with Crippen molar-refractivity contribution >= 4 is 33.1 Å². The molecule has 3 aromatic rings. The van der Waals surface area contributed by atoms with Crippen LogP contribution in [-0.4, -0.2) is 10.9 Å². The molecule has 1 aromatic heterocycles. The Labute approximate surface area is 114 Å². The first kappa shape index (κ1) is 11.7. The lowest BCUT2D eigenvalue weighted by atomic mass is 10.2. The fourth-order valence-electron chi connectivity index (χ4n) is 1.72. The fourth-order valence-corrected chi connectivity index (χ4v) is 2.44. The third-order valence-electron chi connectivity index (χ3n) is 2.69. The quantitative estimate of drug-likeness (QED) is 0.718. The van der Waals surface area contributed by atoms with Crippen LogP contribution in [-0.2, 0) is 0 Å². The highest BCUT2D eigenvalue weighted by Crippen LogP contribution is 2.19. The van der Waals surface area contributed by atoms with E-state index in [1.807, 2.05) is 42.5 Å². The van der Waals surface area contributed by atoms with Crippen LogP contribution < -0.4 is 10.9 Å². The molecule has 0 saturated heterocycles. The van der Waals surface area contributed by atoms with Gasteiger partial charge in [0.1, 0.15) is 0 Å². The highest BCUT2D eigenvalue weighted by Gasteiger charge is 2.06. The van der Waals surface area contributed by atoms with Crippen LogP contribution in [0.25, 0.3) is 10.2 Å². The number of fused-ring (bicyclic) bond motifs is 1. The Morgan fingerprint density at radius 1 is 1.11 bits per heavy atom. The summed E-state index contributed by atoms with van der Waals surface area (Å²) in [6.45, 7) is 0. The van der Waals surface area contributed by atoms with Crippen LogP contribution in [0.4, 0.5) is 5.69 Å². The van der Waals surface area contributed by atoms with E-state index >= 15 is 0 Å². The predicted octanol–water partition coefficient (Wildman–Crippen LogP) is 3.05. The zero-order valence-corrected chi connectivity index (χ0v) is 10.8. The smallest absolute Gasteiger partial charge is 0.269 e. The minimum absolute atomic E-state index is 0.167. The molecule has 0 aliphatic heterocycles. The summed E-state index contributed by atoms with van der Waals surface area (Å²) < 4.78 is 1.01. The average Bonchev–Trinajstić information content (AvgIpc) is 2.93. The first-order valence-corrected chi connectivity index (χ1v) is 6.65. The maximum absolute atomic E-state index is 12.0. The molecule has 5 heteroatoms. The molecule has 1 heterocycles. The number of hydrogen-bond donors (Lipinski definition) is 2. The molecule has 0 spiro atoms. The molecule has 0 radical (unpaired) electrons. The van der Waals surface area contributed by atoms with E-state index in [0.717, 1.165) is 15.9 Å². The molecule has 0 bridgehead atoms. The topological polar surface area (TPSA) is 54.0 Å². The van der Waals surface area contributed by atoms with E-state index in [0.29, 0.717) is 5.56 Å². The third-order valence-corrected chi connectivity index (χ3v) is 3.48. The Morgan fingerprint density at radius 2 is 1.95 bits per heavy atom. The summed E-state index contributed by atoms with van der Waals surface area (Å²) in [6, 6.07) is 14.9. The molecule has 0 unspecified atom stereocenters. The van der Waals surface area contributed by atoms with Crippen LogP contribution in [0.15, 0.2) is 54.0 Å². The van der Waals surface area contributed by atoms with Gasteiger partial charge in [0.05, 0.1) is 21.4 Å². The SMILES string of the molecule is O=C(NNc1ccccc1)c1ccc2ncsc2c1. The minimum Gasteiger partial charge on any atom is -0.298 e. The Hall–Kier alpha value is -2.40. The monoisotopic (exact) mass is 269 g/mol. The summed E-state index contributed by atoms with van der Waals surface area (Å²) >= 11 is 1.52. The number of benzene rings is 2. The van der Waals surface area contributed by atoms with Gasteiger partial charge >= 0.3 is 0 Å². The van der Waals surface area contributed by atoms with Crippen molar-refractivity contribution in [1.29, 1.82) is 0 Å². The van der Waals surface area contributed by atoms with Gasteiger partial charge in [-0.25, -0.2) is 4.98 Å². The van der Waals surface area contributed by atoms with E-state index in [9.17, 15) is 4.79 Å². The van der Waals surface area contributed by atoms with Crippen molar-refractivity contribution in [2.45, 2.75) is 0 Å². The molecule has 0 aliphatic carbocycles. The number of hydrogen-bond acceptors (Lipinski definition) is 4. The number of carbonyl (C=O) groups excluding carboxylic acids is 1. The number of carbonyl (C=O) groups is 1. The molecule has 2 N–H and O–H groups in total. The zero-order chi connectivity index (χ0) is 13.1. The van der Waals surface area contributed by atoms with Gasteiger partial charge in [-0.15, -0.1) is 11.3 Å². The standard InChI is InChI=1S/C14H11N3OS/c18-14(17-16-11-4-2-1-3-5-11)10-6-7-12-13(8-10)19-9-15-12/h1-9,16H,(H,17,18). The highest BCUT2D eigenvalue weighted by molar-refractivity contribution is 7.16. The fraction of sp³-hybridized carbons (Fsp3) is 0. The van der Waals surface area contributed by atoms with Gasteiger partial charge in [0.25, 0.3) is 5.91 Å². The zero-order valence-electron chi connectivity index (χ0n) is 9.96. The van der Waals surface area contributed by atoms with Crippen LogP contribution in [0.5, 0.6) is 0 Å². The summed E-state index contributed by atoms with van der Waals surface area (Å²) in [5.74, 6) is -0.167. The van der Waals surface area contributed by atoms with Crippen molar-refractivity contribution in [1.82, 2.24) is 10.4 Å². The van der Waals surface area contributed by atoms with Crippen LogP contribution in [0.2, 0.25) is 0 Å². The Kier molecular flexibility index (Phi) is 3.12. The number of nitrogens with one attached hydrogen (secondary N) is 2. The van der Waals surface area contributed by atoms with Crippen LogP contribution in [0.3, 0.4) is 0 Å². The molecule has 0 fully saturated rings. The van der Waals surface area contributed by atoms with Crippen LogP contribution >= 0.6 is 11.3 Å². The van der Waals surface area contributed by atoms with E-state index in [4.69, 9.17) is 0 Å². The Bertz CT molecular complexity index is 709. The van der Waals surface area contributed by atoms with Crippen LogP contribution in [0.1, 0.15) is 10.4 Å². The van der Waals surface area contributed by atoms with Gasteiger partial charge in [-0.05, 0) is 30.3 Å². The Morgan fingerprint density at radius 3 is 2.79 bits per heavy atom. The number of amides is 1. The summed E-state index contributed by atoms with van der Waals surface area (Å²) in [5, 5.41) is 0. The number of nitrogens with zero attached hydrogens (tertiary/aromatic N) is 1. The van der Waals surface area contributed by atoms with E-state index in [-0.39, 0.29) is 5.91 Å². The molecule has 0 saturated carbocycles. The van der Waals surface area contributed by atoms with Crippen molar-refractivity contribution in [3.05, 3.63) is 59.6 Å². The minimum atomic E-state index is -0.167. The molecular formula is C14H11N3OS. The molecule has 19 heavy (non-hydrogen) atoms. The summed E-state index contributed by atoms with van der Waals surface area (Å²) in [5.41, 5.74) is 9.68. The van der Waals surface area contributed by atoms with E-state index in [2.05, 4.69) is 15.8 Å². The number of anilines is 1. The molecule has 4 nitrogen and oxygen atoms in total. The predicted molar refractivity (Wildman–Crippen MR) is 77.2 cm³/mol. The van der Waals surface area contributed by atoms with Crippen molar-refractivity contribution < 1.29 is 4.79 Å². The maximum atomic E-state index is 12.0. The third kappa shape index (κ3) is 2.56. The molecule has 1 amide bonds. The van der Waals surface area contributed by atoms with Gasteiger partial charge < -0.3 is 0 Å². The molecule has 3 rings (SSSR count). The maximum Gasteiger partial charge on any atom is 0.269 e. The molecule has 0 atom stereocenters. The normalized spacial score (nSPS) is 10.3. The lowest BCUT2D eigenvalue weighted by molar-refractivity contribution is 0.0963. The molecule has 2 aromatic carbocycles. The molecular weight excluding hydrogens is 258 g/mol. The van der Waals surface area contributed by atoms with E-state index < -0.39 is 0 Å². The van der Waals surface area contributed by atoms with Gasteiger partial charge in [-0.1, -0.05) is 18.2 Å². The van der Waals surface area contributed by atoms with Crippen LogP contribution in [0, 0.1) is 0 Å². The van der Waals surface area contributed by atoms with Crippen molar-refractivity contribution in [2.75, 3.05) is 5.43 Å². The second-order valence-electron chi connectivity index (χ2n) is 3.98. The van der Waals surface area contributed by atoms with Crippen molar-refractivity contribution in [3.8, 4) is 0 Å². The Balaban J connectivity index is 1.73. The summed E-state index contributed by atoms with van der Waals surface area (Å²) in [6.07, 6.45) is 0. The summed E-state index contributed by atoms with van der Waals surface area (Å²) in [4.78, 5) is 16.2. The van der Waals surface area contributed by atoms with Gasteiger partial charge in [0.15, 0.2) is 0 Å². The number of thiazole rings is 1. The summed E-state index contributed by atoms with van der Waals surface area (Å²) in [7, 11) is 0. The molecule has 0 aliphatic rings.